The van der Waals surface area contributed by atoms with E-state index in [0.717, 1.165) is 25.8 Å². The van der Waals surface area contributed by atoms with Crippen molar-refractivity contribution in [1.29, 1.82) is 5.26 Å². The summed E-state index contributed by atoms with van der Waals surface area (Å²) in [5, 5.41) is 30.6. The minimum atomic E-state index is -0.526. The summed E-state index contributed by atoms with van der Waals surface area (Å²) in [7, 11) is 1.92. The lowest BCUT2D eigenvalue weighted by atomic mass is 10.1. The van der Waals surface area contributed by atoms with E-state index in [9.17, 15) is 19.6 Å². The second-order valence-electron chi connectivity index (χ2n) is 12.1. The topological polar surface area (TPSA) is 138 Å². The number of aliphatic hydroxyl groups is 1. The first-order valence-electron chi connectivity index (χ1n) is 16.7. The zero-order chi connectivity index (χ0) is 35.3. The number of ether oxygens (including phenoxy) is 3. The van der Waals surface area contributed by atoms with E-state index in [-0.39, 0.29) is 24.1 Å². The van der Waals surface area contributed by atoms with Gasteiger partial charge in [0.1, 0.15) is 36.1 Å². The van der Waals surface area contributed by atoms with E-state index in [0.29, 0.717) is 82.5 Å². The molecule has 12 heteroatoms. The average molecular weight is 702 g/mol. The van der Waals surface area contributed by atoms with Crippen molar-refractivity contribution in [3.05, 3.63) is 94.9 Å². The molecule has 0 bridgehead atoms. The number of hydrogen-bond acceptors (Lipinski definition) is 9. The molecule has 4 N–H and O–H groups in total. The molecular weight excluding hydrogens is 661 g/mol. The van der Waals surface area contributed by atoms with Crippen molar-refractivity contribution in [3.8, 4) is 17.6 Å². The Balaban J connectivity index is 1.35. The van der Waals surface area contributed by atoms with Gasteiger partial charge in [0.2, 0.25) is 5.91 Å². The number of benzene rings is 3. The molecule has 262 valence electrons. The first-order chi connectivity index (χ1) is 24.3. The van der Waals surface area contributed by atoms with Gasteiger partial charge in [0.25, 0.3) is 0 Å². The highest BCUT2D eigenvalue weighted by atomic mass is 35.5. The molecule has 1 aromatic heterocycles. The standard InChI is InChI=1S/C38H41ClFN5O5/c1-42-15-4-2-3-9-29(46)10-6-11-37(47)45-34-19-31-33(20-36(34)50-30-14-16-48-24-30)43-22-26(21-41)38(31)44-28-12-13-35(32(39)18-28)49-23-25-7-5-8-27(40)17-25/h5-8,11-13,17-20,22,29-30,42,46H,2-4,9-10,14-16,23-24H2,1H3,(H,43,44)(H,45,47)/b11-6+/t29?,30-/m0/s1. The molecular formula is C38H41ClFN5O5. The van der Waals surface area contributed by atoms with Crippen LogP contribution in [-0.4, -0.2) is 55.0 Å². The summed E-state index contributed by atoms with van der Waals surface area (Å²) in [5.74, 6) is 0.0893. The molecule has 1 fully saturated rings. The van der Waals surface area contributed by atoms with Gasteiger partial charge in [-0.25, -0.2) is 4.39 Å². The summed E-state index contributed by atoms with van der Waals surface area (Å²) in [4.78, 5) is 17.6. The summed E-state index contributed by atoms with van der Waals surface area (Å²) in [6.07, 6.45) is 8.56. The smallest absolute Gasteiger partial charge is 0.248 e. The molecule has 0 aliphatic carbocycles. The van der Waals surface area contributed by atoms with E-state index < -0.39 is 12.0 Å². The van der Waals surface area contributed by atoms with Crippen LogP contribution in [-0.2, 0) is 16.1 Å². The van der Waals surface area contributed by atoms with E-state index in [1.54, 1.807) is 48.5 Å². The van der Waals surface area contributed by atoms with Crippen molar-refractivity contribution in [2.75, 3.05) is 37.4 Å². The Morgan fingerprint density at radius 2 is 2.08 bits per heavy atom. The number of carbonyl (C=O) groups excluding carboxylic acids is 1. The Hall–Kier alpha value is -4.73. The third-order valence-electron chi connectivity index (χ3n) is 8.16. The van der Waals surface area contributed by atoms with Crippen LogP contribution in [0.5, 0.6) is 11.5 Å². The molecule has 0 spiro atoms. The number of aliphatic hydroxyl groups excluding tert-OH is 1. The van der Waals surface area contributed by atoms with Crippen molar-refractivity contribution in [3.63, 3.8) is 0 Å². The molecule has 5 rings (SSSR count). The summed E-state index contributed by atoms with van der Waals surface area (Å²) >= 11 is 6.56. The first-order valence-corrected chi connectivity index (χ1v) is 17.1. The predicted octanol–water partition coefficient (Wildman–Crippen LogP) is 7.41. The lowest BCUT2D eigenvalue weighted by molar-refractivity contribution is -0.111. The molecule has 1 aliphatic heterocycles. The van der Waals surface area contributed by atoms with Gasteiger partial charge < -0.3 is 35.3 Å². The van der Waals surface area contributed by atoms with Crippen molar-refractivity contribution in [2.24, 2.45) is 0 Å². The largest absolute Gasteiger partial charge is 0.487 e. The number of pyridine rings is 1. The third kappa shape index (κ3) is 10.4. The van der Waals surface area contributed by atoms with Crippen molar-refractivity contribution in [1.82, 2.24) is 10.3 Å². The number of carbonyl (C=O) groups is 1. The summed E-state index contributed by atoms with van der Waals surface area (Å²) in [6.45, 7) is 2.09. The van der Waals surface area contributed by atoms with Gasteiger partial charge in [-0.05, 0) is 80.9 Å². The highest BCUT2D eigenvalue weighted by molar-refractivity contribution is 6.32. The molecule has 2 heterocycles. The predicted molar refractivity (Wildman–Crippen MR) is 193 cm³/mol. The normalized spacial score (nSPS) is 14.8. The number of anilines is 3. The number of hydrogen-bond donors (Lipinski definition) is 4. The molecule has 4 aromatic rings. The maximum Gasteiger partial charge on any atom is 0.248 e. The van der Waals surface area contributed by atoms with E-state index in [2.05, 4.69) is 27.0 Å². The number of fused-ring (bicyclic) bond motifs is 1. The van der Waals surface area contributed by atoms with E-state index in [1.165, 1.54) is 24.4 Å². The number of rotatable bonds is 17. The number of nitriles is 1. The maximum absolute atomic E-state index is 13.6. The second kappa shape index (κ2) is 18.3. The zero-order valence-corrected chi connectivity index (χ0v) is 28.6. The molecule has 50 heavy (non-hydrogen) atoms. The van der Waals surface area contributed by atoms with Crippen molar-refractivity contribution < 1.29 is 28.5 Å². The van der Waals surface area contributed by atoms with Crippen LogP contribution in [0.2, 0.25) is 5.02 Å². The first kappa shape index (κ1) is 36.5. The molecule has 0 saturated carbocycles. The molecule has 1 saturated heterocycles. The van der Waals surface area contributed by atoms with Crippen LogP contribution in [0.1, 0.15) is 49.7 Å². The number of amides is 1. The Bertz CT molecular complexity index is 1840. The Morgan fingerprint density at radius 3 is 2.84 bits per heavy atom. The van der Waals surface area contributed by atoms with Gasteiger partial charge in [0.15, 0.2) is 0 Å². The van der Waals surface area contributed by atoms with Gasteiger partial charge in [0, 0.05) is 29.8 Å². The number of aromatic nitrogens is 1. The molecule has 10 nitrogen and oxygen atoms in total. The lowest BCUT2D eigenvalue weighted by Crippen LogP contribution is -2.18. The number of halogens is 2. The van der Waals surface area contributed by atoms with Gasteiger partial charge in [-0.2, -0.15) is 5.26 Å². The SMILES string of the molecule is CNCCCCCC(O)C/C=C/C(=O)Nc1cc2c(Nc3ccc(OCc4cccc(F)c4)c(Cl)c3)c(C#N)cnc2cc1O[C@H]1CCOC1. The highest BCUT2D eigenvalue weighted by Gasteiger charge is 2.21. The molecule has 2 atom stereocenters. The minimum Gasteiger partial charge on any atom is -0.487 e. The fourth-order valence-corrected chi connectivity index (χ4v) is 5.77. The quantitative estimate of drug-likeness (QED) is 0.0655. The van der Waals surface area contributed by atoms with Gasteiger partial charge in [-0.3, -0.25) is 9.78 Å². The van der Waals surface area contributed by atoms with Crippen LogP contribution >= 0.6 is 11.6 Å². The van der Waals surface area contributed by atoms with Crippen LogP contribution < -0.4 is 25.4 Å². The van der Waals surface area contributed by atoms with Crippen LogP contribution in [0, 0.1) is 17.1 Å². The number of nitrogens with one attached hydrogen (secondary N) is 3. The molecule has 1 aliphatic rings. The van der Waals surface area contributed by atoms with Crippen molar-refractivity contribution in [2.45, 2.75) is 57.3 Å². The molecule has 3 aromatic carbocycles. The molecule has 1 amide bonds. The zero-order valence-electron chi connectivity index (χ0n) is 27.9. The Kier molecular flexibility index (Phi) is 13.4. The number of unbranched alkanes of at least 4 members (excludes halogenated alkanes) is 2. The second-order valence-corrected chi connectivity index (χ2v) is 12.5. The monoisotopic (exact) mass is 701 g/mol. The average Bonchev–Trinajstić information content (AvgIpc) is 3.61. The molecule has 0 radical (unpaired) electrons. The van der Waals surface area contributed by atoms with Crippen LogP contribution in [0.3, 0.4) is 0 Å². The summed E-state index contributed by atoms with van der Waals surface area (Å²) < 4.78 is 31.1. The fraction of sp³-hybridized carbons (Fsp3) is 0.342. The van der Waals surface area contributed by atoms with Crippen LogP contribution in [0.4, 0.5) is 21.5 Å². The molecule has 1 unspecified atom stereocenters. The van der Waals surface area contributed by atoms with Gasteiger partial charge >= 0.3 is 0 Å². The van der Waals surface area contributed by atoms with E-state index in [4.69, 9.17) is 25.8 Å². The van der Waals surface area contributed by atoms with E-state index in [1.807, 2.05) is 7.05 Å². The third-order valence-corrected chi connectivity index (χ3v) is 8.45. The Labute approximate surface area is 296 Å². The number of nitrogens with zero attached hydrogens (tertiary/aromatic N) is 2. The summed E-state index contributed by atoms with van der Waals surface area (Å²) in [6, 6.07) is 16.9. The highest BCUT2D eigenvalue weighted by Crippen LogP contribution is 2.38. The van der Waals surface area contributed by atoms with Gasteiger partial charge in [-0.1, -0.05) is 42.7 Å². The van der Waals surface area contributed by atoms with Crippen LogP contribution in [0.25, 0.3) is 10.9 Å². The van der Waals surface area contributed by atoms with E-state index >= 15 is 0 Å². The summed E-state index contributed by atoms with van der Waals surface area (Å²) in [5.41, 5.74) is 2.90. The lowest BCUT2D eigenvalue weighted by Gasteiger charge is -2.19. The maximum atomic E-state index is 13.6. The van der Waals surface area contributed by atoms with Gasteiger partial charge in [-0.15, -0.1) is 0 Å². The Morgan fingerprint density at radius 1 is 1.20 bits per heavy atom. The minimum absolute atomic E-state index is 0.136. The van der Waals surface area contributed by atoms with Crippen molar-refractivity contribution >= 4 is 45.5 Å². The van der Waals surface area contributed by atoms with Gasteiger partial charge in [0.05, 0.1) is 46.8 Å². The van der Waals surface area contributed by atoms with Crippen LogP contribution in [0.15, 0.2) is 72.9 Å². The fourth-order valence-electron chi connectivity index (χ4n) is 5.53.